The van der Waals surface area contributed by atoms with Crippen molar-refractivity contribution in [3.8, 4) is 11.3 Å². The monoisotopic (exact) mass is 527 g/mol. The predicted octanol–water partition coefficient (Wildman–Crippen LogP) is 4.45. The lowest BCUT2D eigenvalue weighted by molar-refractivity contribution is 0.171. The van der Waals surface area contributed by atoms with Gasteiger partial charge < -0.3 is 15.7 Å². The van der Waals surface area contributed by atoms with E-state index in [0.29, 0.717) is 24.5 Å². The highest BCUT2D eigenvalue weighted by Gasteiger charge is 2.27. The molecule has 0 amide bonds. The Hall–Kier alpha value is -4.57. The average Bonchev–Trinajstić information content (AvgIpc) is 3.42. The lowest BCUT2D eigenvalue weighted by Gasteiger charge is -2.18. The van der Waals surface area contributed by atoms with E-state index in [1.807, 2.05) is 54.6 Å². The average molecular weight is 528 g/mol. The van der Waals surface area contributed by atoms with Crippen LogP contribution >= 0.6 is 0 Å². The summed E-state index contributed by atoms with van der Waals surface area (Å²) >= 11 is 0. The van der Waals surface area contributed by atoms with Gasteiger partial charge in [-0.25, -0.2) is 9.67 Å². The van der Waals surface area contributed by atoms with Crippen LogP contribution in [0.15, 0.2) is 77.6 Å². The van der Waals surface area contributed by atoms with Gasteiger partial charge in [0.25, 0.3) is 5.56 Å². The van der Waals surface area contributed by atoms with Crippen LogP contribution in [0.25, 0.3) is 22.3 Å². The zero-order chi connectivity index (χ0) is 28.8. The van der Waals surface area contributed by atoms with Crippen LogP contribution in [0.1, 0.15) is 27.6 Å². The van der Waals surface area contributed by atoms with Crippen molar-refractivity contribution in [2.24, 2.45) is 7.05 Å². The van der Waals surface area contributed by atoms with E-state index in [-0.39, 0.29) is 29.8 Å². The van der Waals surface area contributed by atoms with Gasteiger partial charge in [-0.05, 0) is 49.1 Å². The molecule has 6 rings (SSSR count). The highest BCUT2D eigenvalue weighted by atomic mass is 19.1. The van der Waals surface area contributed by atoms with E-state index >= 15 is 0 Å². The van der Waals surface area contributed by atoms with Crippen LogP contribution in [0.2, 0.25) is 0 Å². The SMILES string of the molecule is [2H]C1(O)CCCC1([2H])Nc1nc2nn(Cc3ccc(-c4cccc(F)n4)cc3)c(Nc3ccccc3)c2c(=O)n1C. The molecule has 1 aliphatic rings. The minimum atomic E-state index is -2.02. The van der Waals surface area contributed by atoms with Crippen molar-refractivity contribution in [2.75, 3.05) is 10.6 Å². The van der Waals surface area contributed by atoms with Gasteiger partial charge in [-0.1, -0.05) is 48.5 Å². The molecule has 2 unspecified atom stereocenters. The molecule has 9 nitrogen and oxygen atoms in total. The largest absolute Gasteiger partial charge is 0.391 e. The third-order valence-electron chi connectivity index (χ3n) is 6.77. The first kappa shape index (κ1) is 22.4. The zero-order valence-corrected chi connectivity index (χ0v) is 21.2. The van der Waals surface area contributed by atoms with Gasteiger partial charge in [0.15, 0.2) is 5.65 Å². The van der Waals surface area contributed by atoms with Crippen molar-refractivity contribution in [1.29, 1.82) is 0 Å². The number of anilines is 3. The summed E-state index contributed by atoms with van der Waals surface area (Å²) in [4.78, 5) is 22.2. The number of hydrogen-bond acceptors (Lipinski definition) is 7. The Kier molecular flexibility index (Phi) is 5.92. The molecular formula is C29H28FN7O2. The summed E-state index contributed by atoms with van der Waals surface area (Å²) < 4.78 is 33.4. The number of aromatic nitrogens is 5. The van der Waals surface area contributed by atoms with E-state index < -0.39 is 23.6 Å². The van der Waals surface area contributed by atoms with Crippen molar-refractivity contribution >= 4 is 28.5 Å². The molecule has 5 aromatic rings. The second kappa shape index (κ2) is 10.3. The second-order valence-corrected chi connectivity index (χ2v) is 9.44. The highest BCUT2D eigenvalue weighted by molar-refractivity contribution is 5.89. The van der Waals surface area contributed by atoms with Crippen molar-refractivity contribution in [2.45, 2.75) is 37.9 Å². The van der Waals surface area contributed by atoms with Crippen LogP contribution < -0.4 is 16.2 Å². The van der Waals surface area contributed by atoms with Gasteiger partial charge in [0.05, 0.1) is 27.1 Å². The Balaban J connectivity index is 1.40. The number of rotatable bonds is 7. The number of hydrogen-bond donors (Lipinski definition) is 3. The van der Waals surface area contributed by atoms with E-state index in [1.165, 1.54) is 17.7 Å². The van der Waals surface area contributed by atoms with Crippen molar-refractivity contribution in [3.63, 3.8) is 0 Å². The Morgan fingerprint density at radius 3 is 2.56 bits per heavy atom. The quantitative estimate of drug-likeness (QED) is 0.268. The number of nitrogens with zero attached hydrogens (tertiary/aromatic N) is 5. The van der Waals surface area contributed by atoms with Crippen LogP contribution in [-0.4, -0.2) is 41.5 Å². The van der Waals surface area contributed by atoms with Crippen LogP contribution in [0.5, 0.6) is 0 Å². The summed E-state index contributed by atoms with van der Waals surface area (Å²) in [5.41, 5.74) is 2.67. The Morgan fingerprint density at radius 2 is 1.85 bits per heavy atom. The topological polar surface area (TPSA) is 110 Å². The molecule has 1 fully saturated rings. The van der Waals surface area contributed by atoms with Gasteiger partial charge >= 0.3 is 0 Å². The molecule has 1 aliphatic carbocycles. The molecule has 0 saturated heterocycles. The summed E-state index contributed by atoms with van der Waals surface area (Å²) in [6.07, 6.45) is -1.14. The van der Waals surface area contributed by atoms with Gasteiger partial charge in [-0.15, -0.1) is 5.10 Å². The second-order valence-electron chi connectivity index (χ2n) is 9.44. The van der Waals surface area contributed by atoms with Gasteiger partial charge in [0.2, 0.25) is 11.9 Å². The number of nitrogens with one attached hydrogen (secondary N) is 2. The molecule has 3 aromatic heterocycles. The van der Waals surface area contributed by atoms with Crippen molar-refractivity contribution in [3.05, 3.63) is 94.7 Å². The lowest BCUT2D eigenvalue weighted by Crippen LogP contribution is -2.32. The Bertz CT molecular complexity index is 1790. The molecule has 0 bridgehead atoms. The summed E-state index contributed by atoms with van der Waals surface area (Å²) in [5, 5.41) is 21.5. The van der Waals surface area contributed by atoms with Crippen LogP contribution in [0.3, 0.4) is 0 Å². The third kappa shape index (κ3) is 4.98. The van der Waals surface area contributed by atoms with Crippen molar-refractivity contribution in [1.82, 2.24) is 24.3 Å². The molecule has 198 valence electrons. The number of halogens is 1. The Labute approximate surface area is 226 Å². The fourth-order valence-corrected chi connectivity index (χ4v) is 4.70. The molecule has 0 radical (unpaired) electrons. The van der Waals surface area contributed by atoms with Gasteiger partial charge in [0, 0.05) is 18.3 Å². The first-order valence-electron chi connectivity index (χ1n) is 13.7. The molecular weight excluding hydrogens is 497 g/mol. The number of aliphatic hydroxyl groups is 1. The normalized spacial score (nSPS) is 21.5. The number of benzene rings is 2. The van der Waals surface area contributed by atoms with E-state index in [0.717, 1.165) is 16.8 Å². The van der Waals surface area contributed by atoms with Crippen LogP contribution in [0, 0.1) is 5.95 Å². The number of para-hydroxylation sites is 1. The minimum Gasteiger partial charge on any atom is -0.391 e. The maximum absolute atomic E-state index is 13.7. The summed E-state index contributed by atoms with van der Waals surface area (Å²) in [7, 11) is 1.53. The van der Waals surface area contributed by atoms with Crippen LogP contribution in [-0.2, 0) is 13.6 Å². The molecule has 39 heavy (non-hydrogen) atoms. The lowest BCUT2D eigenvalue weighted by atomic mass is 10.1. The zero-order valence-electron chi connectivity index (χ0n) is 23.2. The van der Waals surface area contributed by atoms with Gasteiger partial charge in [0.1, 0.15) is 11.2 Å². The molecule has 0 spiro atoms. The molecule has 1 saturated carbocycles. The smallest absolute Gasteiger partial charge is 0.268 e. The molecule has 0 aliphatic heterocycles. The molecule has 2 aromatic carbocycles. The van der Waals surface area contributed by atoms with Gasteiger partial charge in [-0.3, -0.25) is 9.36 Å². The number of fused-ring (bicyclic) bond motifs is 1. The van der Waals surface area contributed by atoms with Crippen LogP contribution in [0.4, 0.5) is 21.8 Å². The fourth-order valence-electron chi connectivity index (χ4n) is 4.70. The predicted molar refractivity (Wildman–Crippen MR) is 148 cm³/mol. The van der Waals surface area contributed by atoms with E-state index in [1.54, 1.807) is 16.8 Å². The molecule has 3 heterocycles. The summed E-state index contributed by atoms with van der Waals surface area (Å²) in [5.74, 6) is -0.0563. The van der Waals surface area contributed by atoms with Crippen molar-refractivity contribution < 1.29 is 12.2 Å². The third-order valence-corrected chi connectivity index (χ3v) is 6.77. The van der Waals surface area contributed by atoms with E-state index in [2.05, 4.69) is 25.7 Å². The van der Waals surface area contributed by atoms with Gasteiger partial charge in [-0.2, -0.15) is 9.37 Å². The van der Waals surface area contributed by atoms with E-state index in [4.69, 9.17) is 2.74 Å². The number of pyridine rings is 1. The summed E-state index contributed by atoms with van der Waals surface area (Å²) in [6, 6.07) is 19.8. The molecule has 3 N–H and O–H groups in total. The minimum absolute atomic E-state index is 0.0490. The van der Waals surface area contributed by atoms with E-state index in [9.17, 15) is 14.3 Å². The first-order chi connectivity index (χ1) is 19.6. The fraction of sp³-hybridized carbons (Fsp3) is 0.241. The maximum Gasteiger partial charge on any atom is 0.268 e. The molecule has 10 heteroatoms. The standard InChI is InChI=1S/C29H28FN7O2/c1-36-28(39)25-26(34-29(36)33-22-10-5-11-23(22)38)35-37(27(25)31-20-7-3-2-4-8-20)17-18-13-15-19(16-14-18)21-9-6-12-24(30)32-21/h2-4,6-9,12-16,22-23,31,38H,5,10-11,17H2,1H3,(H,33,34,35)/i22D,23D. The maximum atomic E-state index is 13.7. The molecule has 2 atom stereocenters. The summed E-state index contributed by atoms with van der Waals surface area (Å²) in [6.45, 7) is 0.295. The Morgan fingerprint density at radius 1 is 1.05 bits per heavy atom. The highest BCUT2D eigenvalue weighted by Crippen LogP contribution is 2.27. The first-order valence-corrected chi connectivity index (χ1v) is 12.7.